The van der Waals surface area contributed by atoms with Crippen molar-refractivity contribution >= 4 is 34.4 Å². The molecule has 0 unspecified atom stereocenters. The van der Waals surface area contributed by atoms with E-state index >= 15 is 0 Å². The number of nitrogens with one attached hydrogen (secondary N) is 2. The van der Waals surface area contributed by atoms with Crippen LogP contribution in [0.15, 0.2) is 48.8 Å². The van der Waals surface area contributed by atoms with Gasteiger partial charge in [-0.2, -0.15) is 11.8 Å². The lowest BCUT2D eigenvalue weighted by Crippen LogP contribution is -2.13. The van der Waals surface area contributed by atoms with E-state index in [0.717, 1.165) is 22.2 Å². The summed E-state index contributed by atoms with van der Waals surface area (Å²) in [5.41, 5.74) is 2.61. The van der Waals surface area contributed by atoms with E-state index in [1.54, 1.807) is 24.0 Å². The number of H-pyrrole nitrogens is 1. The average Bonchev–Trinajstić information content (AvgIpc) is 3.04. The van der Waals surface area contributed by atoms with Gasteiger partial charge in [-0.05, 0) is 35.9 Å². The van der Waals surface area contributed by atoms with Gasteiger partial charge in [0.05, 0.1) is 6.61 Å². The Morgan fingerprint density at radius 3 is 3.09 bits per heavy atom. The quantitative estimate of drug-likeness (QED) is 0.608. The molecule has 3 N–H and O–H groups in total. The number of rotatable bonds is 6. The number of hydrogen-bond acceptors (Lipinski definition) is 4. The van der Waals surface area contributed by atoms with Crippen LogP contribution in [0.4, 0.5) is 5.82 Å². The topological polar surface area (TPSA) is 78.0 Å². The van der Waals surface area contributed by atoms with Gasteiger partial charge in [-0.1, -0.05) is 6.07 Å². The van der Waals surface area contributed by atoms with Crippen LogP contribution >= 0.6 is 11.8 Å². The number of anilines is 1. The Labute approximate surface area is 138 Å². The van der Waals surface area contributed by atoms with Gasteiger partial charge in [-0.3, -0.25) is 4.79 Å². The smallest absolute Gasteiger partial charge is 0.257 e. The average molecular weight is 327 g/mol. The highest BCUT2D eigenvalue weighted by Gasteiger charge is 2.11. The summed E-state index contributed by atoms with van der Waals surface area (Å²) in [5, 5.41) is 12.6. The van der Waals surface area contributed by atoms with Gasteiger partial charge < -0.3 is 15.4 Å². The second-order valence-electron chi connectivity index (χ2n) is 5.02. The molecule has 5 nitrogen and oxygen atoms in total. The van der Waals surface area contributed by atoms with Crippen LogP contribution in [0.1, 0.15) is 15.9 Å². The highest BCUT2D eigenvalue weighted by molar-refractivity contribution is 7.98. The van der Waals surface area contributed by atoms with Crippen molar-refractivity contribution in [2.45, 2.75) is 5.75 Å². The molecule has 0 fully saturated rings. The number of nitrogens with zero attached hydrogens (tertiary/aromatic N) is 1. The molecule has 0 saturated heterocycles. The Hall–Kier alpha value is -2.31. The number of aromatic nitrogens is 2. The summed E-state index contributed by atoms with van der Waals surface area (Å²) in [5.74, 6) is 1.83. The third kappa shape index (κ3) is 3.72. The van der Waals surface area contributed by atoms with Crippen LogP contribution < -0.4 is 5.32 Å². The number of aromatic amines is 1. The third-order valence-electron chi connectivity index (χ3n) is 3.41. The standard InChI is InChI=1S/C17H17N3O2S/c21-8-9-23-11-12-4-6-19-16(10-12)20-17(22)14-2-1-3-15-13(14)5-7-18-15/h1-7,10,18,21H,8-9,11H2,(H,19,20,22). The van der Waals surface area contributed by atoms with Gasteiger partial charge in [0, 0.05) is 40.4 Å². The summed E-state index contributed by atoms with van der Waals surface area (Å²) < 4.78 is 0. The first kappa shape index (κ1) is 15.6. The van der Waals surface area contributed by atoms with Crippen LogP contribution in [0.3, 0.4) is 0 Å². The van der Waals surface area contributed by atoms with Crippen LogP contribution in [0.5, 0.6) is 0 Å². The maximum Gasteiger partial charge on any atom is 0.257 e. The highest BCUT2D eigenvalue weighted by Crippen LogP contribution is 2.19. The lowest BCUT2D eigenvalue weighted by Gasteiger charge is -2.07. The van der Waals surface area contributed by atoms with Gasteiger partial charge in [-0.25, -0.2) is 4.98 Å². The van der Waals surface area contributed by atoms with E-state index in [4.69, 9.17) is 5.11 Å². The third-order valence-corrected chi connectivity index (χ3v) is 4.42. The summed E-state index contributed by atoms with van der Waals surface area (Å²) in [6.45, 7) is 0.167. The number of fused-ring (bicyclic) bond motifs is 1. The minimum atomic E-state index is -0.178. The molecule has 0 radical (unpaired) electrons. The highest BCUT2D eigenvalue weighted by atomic mass is 32.2. The largest absolute Gasteiger partial charge is 0.396 e. The molecule has 0 aliphatic heterocycles. The van der Waals surface area contributed by atoms with Crippen molar-refractivity contribution in [3.8, 4) is 0 Å². The second-order valence-corrected chi connectivity index (χ2v) is 6.13. The Bertz CT molecular complexity index is 816. The molecule has 1 aromatic carbocycles. The lowest BCUT2D eigenvalue weighted by molar-refractivity contribution is 0.102. The molecule has 2 heterocycles. The fourth-order valence-corrected chi connectivity index (χ4v) is 3.04. The molecular formula is C17H17N3O2S. The molecule has 3 rings (SSSR count). The maximum atomic E-state index is 12.5. The molecule has 0 spiro atoms. The molecule has 0 aliphatic carbocycles. The summed E-state index contributed by atoms with van der Waals surface area (Å²) in [6.07, 6.45) is 3.50. The fraction of sp³-hybridized carbons (Fsp3) is 0.176. The van der Waals surface area contributed by atoms with Crippen molar-refractivity contribution < 1.29 is 9.90 Å². The zero-order valence-corrected chi connectivity index (χ0v) is 13.3. The molecule has 2 aromatic heterocycles. The van der Waals surface area contributed by atoms with Crippen molar-refractivity contribution in [1.29, 1.82) is 0 Å². The summed E-state index contributed by atoms with van der Waals surface area (Å²) >= 11 is 1.64. The van der Waals surface area contributed by atoms with Gasteiger partial charge in [0.25, 0.3) is 5.91 Å². The SMILES string of the molecule is O=C(Nc1cc(CSCCO)ccn1)c1cccc2[nH]ccc12. The molecule has 23 heavy (non-hydrogen) atoms. The van der Waals surface area contributed by atoms with E-state index in [-0.39, 0.29) is 12.5 Å². The number of amides is 1. The number of pyridine rings is 1. The predicted octanol–water partition coefficient (Wildman–Crippen LogP) is 3.04. The van der Waals surface area contributed by atoms with E-state index in [2.05, 4.69) is 15.3 Å². The predicted molar refractivity (Wildman–Crippen MR) is 93.7 cm³/mol. The van der Waals surface area contributed by atoms with Crippen molar-refractivity contribution in [2.24, 2.45) is 0 Å². The number of carbonyl (C=O) groups excluding carboxylic acids is 1. The van der Waals surface area contributed by atoms with Crippen molar-refractivity contribution in [2.75, 3.05) is 17.7 Å². The molecule has 3 aromatic rings. The lowest BCUT2D eigenvalue weighted by atomic mass is 10.1. The Morgan fingerprint density at radius 1 is 1.30 bits per heavy atom. The van der Waals surface area contributed by atoms with Gasteiger partial charge in [-0.15, -0.1) is 0 Å². The van der Waals surface area contributed by atoms with Gasteiger partial charge in [0.2, 0.25) is 0 Å². The van der Waals surface area contributed by atoms with E-state index < -0.39 is 0 Å². The van der Waals surface area contributed by atoms with Crippen molar-refractivity contribution in [3.63, 3.8) is 0 Å². The number of aliphatic hydroxyl groups excluding tert-OH is 1. The van der Waals surface area contributed by atoms with Crippen molar-refractivity contribution in [3.05, 3.63) is 59.9 Å². The maximum absolute atomic E-state index is 12.5. The van der Waals surface area contributed by atoms with Gasteiger partial charge in [0.1, 0.15) is 5.82 Å². The van der Waals surface area contributed by atoms with Crippen LogP contribution in [0.25, 0.3) is 10.9 Å². The van der Waals surface area contributed by atoms with E-state index in [9.17, 15) is 4.79 Å². The summed E-state index contributed by atoms with van der Waals surface area (Å²) in [6, 6.07) is 11.2. The number of carbonyl (C=O) groups is 1. The molecule has 0 atom stereocenters. The van der Waals surface area contributed by atoms with E-state index in [1.165, 1.54) is 0 Å². The van der Waals surface area contributed by atoms with Gasteiger partial charge in [0.15, 0.2) is 0 Å². The molecule has 6 heteroatoms. The monoisotopic (exact) mass is 327 g/mol. The minimum absolute atomic E-state index is 0.167. The Morgan fingerprint density at radius 2 is 2.22 bits per heavy atom. The summed E-state index contributed by atoms with van der Waals surface area (Å²) in [7, 11) is 0. The summed E-state index contributed by atoms with van der Waals surface area (Å²) in [4.78, 5) is 19.8. The second kappa shape index (κ2) is 7.30. The van der Waals surface area contributed by atoms with Crippen LogP contribution in [-0.2, 0) is 5.75 Å². The first-order valence-electron chi connectivity index (χ1n) is 7.29. The van der Waals surface area contributed by atoms with Gasteiger partial charge >= 0.3 is 0 Å². The first-order valence-corrected chi connectivity index (χ1v) is 8.44. The fourth-order valence-electron chi connectivity index (χ4n) is 2.35. The van der Waals surface area contributed by atoms with Crippen LogP contribution in [-0.4, -0.2) is 33.3 Å². The first-order chi connectivity index (χ1) is 11.3. The number of thioether (sulfide) groups is 1. The van der Waals surface area contributed by atoms with Crippen LogP contribution in [0, 0.1) is 0 Å². The van der Waals surface area contributed by atoms with E-state index in [1.807, 2.05) is 36.5 Å². The zero-order valence-electron chi connectivity index (χ0n) is 12.5. The number of aliphatic hydroxyl groups is 1. The zero-order chi connectivity index (χ0) is 16.1. The molecule has 0 saturated carbocycles. The van der Waals surface area contributed by atoms with Crippen LogP contribution in [0.2, 0.25) is 0 Å². The molecular weight excluding hydrogens is 310 g/mol. The normalized spacial score (nSPS) is 10.8. The molecule has 0 bridgehead atoms. The Kier molecular flexibility index (Phi) is 4.95. The minimum Gasteiger partial charge on any atom is -0.396 e. The molecule has 1 amide bonds. The van der Waals surface area contributed by atoms with Crippen molar-refractivity contribution in [1.82, 2.24) is 9.97 Å². The Balaban J connectivity index is 1.75. The molecule has 0 aliphatic rings. The number of hydrogen-bond donors (Lipinski definition) is 3. The number of benzene rings is 1. The molecule has 118 valence electrons. The van der Waals surface area contributed by atoms with E-state index in [0.29, 0.717) is 17.1 Å².